The largest absolute Gasteiger partial charge is 0.330 e. The number of imide groups is 1. The van der Waals surface area contributed by atoms with Gasteiger partial charge in [-0.1, -0.05) is 28.1 Å². The monoisotopic (exact) mass is 268 g/mol. The summed E-state index contributed by atoms with van der Waals surface area (Å²) < 4.78 is 0.970. The summed E-state index contributed by atoms with van der Waals surface area (Å²) in [6, 6.07) is 6.88. The first-order valence-electron chi connectivity index (χ1n) is 4.51. The zero-order valence-corrected chi connectivity index (χ0v) is 9.37. The highest BCUT2D eigenvalue weighted by Gasteiger charge is 2.24. The minimum Gasteiger partial charge on any atom is -0.330 e. The van der Waals surface area contributed by atoms with E-state index in [1.54, 1.807) is 0 Å². The van der Waals surface area contributed by atoms with Crippen LogP contribution in [0.3, 0.4) is 0 Å². The zero-order chi connectivity index (χ0) is 10.8. The summed E-state index contributed by atoms with van der Waals surface area (Å²) in [5.74, 6) is -0.244. The van der Waals surface area contributed by atoms with Crippen molar-refractivity contribution in [2.45, 2.75) is 12.5 Å². The van der Waals surface area contributed by atoms with Crippen molar-refractivity contribution in [3.8, 4) is 0 Å². The Hall–Kier alpha value is -1.36. The molecule has 78 valence electrons. The number of carbonyl (C=O) groups excluding carboxylic acids is 2. The smallest absolute Gasteiger partial charge is 0.321 e. The first kappa shape index (κ1) is 10.2. The number of hydrogen-bond donors (Lipinski definition) is 2. The molecule has 1 fully saturated rings. The van der Waals surface area contributed by atoms with Crippen molar-refractivity contribution >= 4 is 27.9 Å². The highest BCUT2D eigenvalue weighted by atomic mass is 79.9. The Morgan fingerprint density at radius 2 is 1.87 bits per heavy atom. The van der Waals surface area contributed by atoms with Gasteiger partial charge < -0.3 is 5.32 Å². The summed E-state index contributed by atoms with van der Waals surface area (Å²) in [5, 5.41) is 4.89. The van der Waals surface area contributed by atoms with Crippen LogP contribution >= 0.6 is 15.9 Å². The van der Waals surface area contributed by atoms with E-state index in [2.05, 4.69) is 26.6 Å². The Morgan fingerprint density at radius 3 is 2.47 bits per heavy atom. The predicted octanol–water partition coefficient (Wildman–Crippen LogP) is 1.72. The first-order valence-corrected chi connectivity index (χ1v) is 5.30. The van der Waals surface area contributed by atoms with Gasteiger partial charge in [0, 0.05) is 4.47 Å². The lowest BCUT2D eigenvalue weighted by atomic mass is 10.0. The second-order valence-corrected chi connectivity index (χ2v) is 4.25. The molecule has 1 saturated heterocycles. The van der Waals surface area contributed by atoms with Gasteiger partial charge in [0.25, 0.3) is 0 Å². The van der Waals surface area contributed by atoms with Crippen molar-refractivity contribution in [2.75, 3.05) is 0 Å². The number of nitrogens with one attached hydrogen (secondary N) is 2. The highest BCUT2D eigenvalue weighted by molar-refractivity contribution is 9.10. The van der Waals surface area contributed by atoms with Gasteiger partial charge in [0.05, 0.1) is 12.5 Å². The molecule has 0 aliphatic carbocycles. The fourth-order valence-corrected chi connectivity index (χ4v) is 1.77. The third-order valence-electron chi connectivity index (χ3n) is 2.22. The maximum absolute atomic E-state index is 11.1. The Balaban J connectivity index is 2.19. The molecule has 1 atom stereocenters. The molecule has 5 heteroatoms. The summed E-state index contributed by atoms with van der Waals surface area (Å²) in [6.07, 6.45) is 0.285. The van der Waals surface area contributed by atoms with Crippen LogP contribution in [0, 0.1) is 0 Å². The van der Waals surface area contributed by atoms with Crippen LogP contribution in [-0.4, -0.2) is 11.9 Å². The number of halogens is 1. The van der Waals surface area contributed by atoms with E-state index in [1.807, 2.05) is 24.3 Å². The average Bonchev–Trinajstić information content (AvgIpc) is 2.17. The SMILES string of the molecule is O=C1C[C@@H](c2ccc(Br)cc2)NC(=O)N1. The standard InChI is InChI=1S/C10H9BrN2O2/c11-7-3-1-6(2-4-7)8-5-9(14)13-10(15)12-8/h1-4,8H,5H2,(H2,12,13,14,15)/t8-/m0/s1. The Kier molecular flexibility index (Phi) is 2.73. The number of urea groups is 1. The van der Waals surface area contributed by atoms with Crippen molar-refractivity contribution in [1.82, 2.24) is 10.6 Å². The maximum Gasteiger partial charge on any atom is 0.321 e. The molecule has 1 aromatic carbocycles. The maximum atomic E-state index is 11.1. The van der Waals surface area contributed by atoms with Gasteiger partial charge in [-0.2, -0.15) is 0 Å². The number of benzene rings is 1. The Bertz CT molecular complexity index is 386. The topological polar surface area (TPSA) is 58.2 Å². The van der Waals surface area contributed by atoms with Crippen LogP contribution in [0.5, 0.6) is 0 Å². The Labute approximate surface area is 95.2 Å². The number of rotatable bonds is 1. The van der Waals surface area contributed by atoms with E-state index in [-0.39, 0.29) is 18.4 Å². The van der Waals surface area contributed by atoms with Gasteiger partial charge in [0.15, 0.2) is 0 Å². The molecule has 15 heavy (non-hydrogen) atoms. The molecule has 1 aliphatic heterocycles. The molecule has 3 amide bonds. The predicted molar refractivity (Wildman–Crippen MR) is 58.2 cm³/mol. The van der Waals surface area contributed by atoms with E-state index >= 15 is 0 Å². The molecular weight excluding hydrogens is 260 g/mol. The summed E-state index contributed by atoms with van der Waals surface area (Å²) in [7, 11) is 0. The number of hydrogen-bond acceptors (Lipinski definition) is 2. The average molecular weight is 269 g/mol. The van der Waals surface area contributed by atoms with E-state index in [1.165, 1.54) is 0 Å². The molecule has 0 aromatic heterocycles. The summed E-state index contributed by atoms with van der Waals surface area (Å²) in [4.78, 5) is 22.2. The number of carbonyl (C=O) groups is 2. The van der Waals surface area contributed by atoms with E-state index in [4.69, 9.17) is 0 Å². The quantitative estimate of drug-likeness (QED) is 0.815. The lowest BCUT2D eigenvalue weighted by molar-refractivity contribution is -0.121. The van der Waals surface area contributed by atoms with E-state index in [9.17, 15) is 9.59 Å². The van der Waals surface area contributed by atoms with Gasteiger partial charge in [-0.15, -0.1) is 0 Å². The molecule has 0 radical (unpaired) electrons. The lowest BCUT2D eigenvalue weighted by Gasteiger charge is -2.23. The van der Waals surface area contributed by atoms with Gasteiger partial charge in [-0.3, -0.25) is 10.1 Å². The third-order valence-corrected chi connectivity index (χ3v) is 2.75. The molecule has 0 saturated carbocycles. The second-order valence-electron chi connectivity index (χ2n) is 3.33. The summed E-state index contributed by atoms with van der Waals surface area (Å²) in [5.41, 5.74) is 0.932. The van der Waals surface area contributed by atoms with Crippen LogP contribution in [0.4, 0.5) is 4.79 Å². The third kappa shape index (κ3) is 2.36. The minimum absolute atomic E-state index is 0.223. The first-order chi connectivity index (χ1) is 7.15. The van der Waals surface area contributed by atoms with Crippen molar-refractivity contribution < 1.29 is 9.59 Å². The minimum atomic E-state index is -0.431. The van der Waals surface area contributed by atoms with E-state index < -0.39 is 6.03 Å². The Morgan fingerprint density at radius 1 is 1.20 bits per heavy atom. The molecule has 1 heterocycles. The highest BCUT2D eigenvalue weighted by Crippen LogP contribution is 2.21. The van der Waals surface area contributed by atoms with Crippen molar-refractivity contribution in [1.29, 1.82) is 0 Å². The number of amides is 3. The van der Waals surface area contributed by atoms with Crippen LogP contribution in [-0.2, 0) is 4.79 Å². The van der Waals surface area contributed by atoms with E-state index in [0.29, 0.717) is 0 Å². The molecular formula is C10H9BrN2O2. The molecule has 1 aliphatic rings. The summed E-state index contributed by atoms with van der Waals surface area (Å²) >= 11 is 3.33. The van der Waals surface area contributed by atoms with Gasteiger partial charge in [-0.05, 0) is 17.7 Å². The van der Waals surface area contributed by atoms with Crippen LogP contribution in [0.15, 0.2) is 28.7 Å². The van der Waals surface area contributed by atoms with Crippen LogP contribution in [0.25, 0.3) is 0 Å². The zero-order valence-electron chi connectivity index (χ0n) is 7.79. The normalized spacial score (nSPS) is 20.7. The van der Waals surface area contributed by atoms with E-state index in [0.717, 1.165) is 10.0 Å². The molecule has 0 spiro atoms. The van der Waals surface area contributed by atoms with Crippen LogP contribution < -0.4 is 10.6 Å². The second kappa shape index (κ2) is 4.02. The van der Waals surface area contributed by atoms with Crippen molar-refractivity contribution in [3.05, 3.63) is 34.3 Å². The fraction of sp³-hybridized carbons (Fsp3) is 0.200. The van der Waals surface area contributed by atoms with Crippen LogP contribution in [0.1, 0.15) is 18.0 Å². The van der Waals surface area contributed by atoms with Gasteiger partial charge in [-0.25, -0.2) is 4.79 Å². The van der Waals surface area contributed by atoms with Crippen LogP contribution in [0.2, 0.25) is 0 Å². The van der Waals surface area contributed by atoms with Crippen molar-refractivity contribution in [2.24, 2.45) is 0 Å². The van der Waals surface area contributed by atoms with Gasteiger partial charge in [0.1, 0.15) is 0 Å². The lowest BCUT2D eigenvalue weighted by Crippen LogP contribution is -2.48. The molecule has 0 bridgehead atoms. The molecule has 2 N–H and O–H groups in total. The molecule has 4 nitrogen and oxygen atoms in total. The van der Waals surface area contributed by atoms with Gasteiger partial charge >= 0.3 is 6.03 Å². The van der Waals surface area contributed by atoms with Crippen molar-refractivity contribution in [3.63, 3.8) is 0 Å². The fourth-order valence-electron chi connectivity index (χ4n) is 1.50. The molecule has 1 aromatic rings. The molecule has 2 rings (SSSR count). The molecule has 0 unspecified atom stereocenters. The summed E-state index contributed by atoms with van der Waals surface area (Å²) in [6.45, 7) is 0. The van der Waals surface area contributed by atoms with Gasteiger partial charge in [0.2, 0.25) is 5.91 Å².